The lowest BCUT2D eigenvalue weighted by Crippen LogP contribution is -2.06. The third-order valence-electron chi connectivity index (χ3n) is 0.330. The van der Waals surface area contributed by atoms with Gasteiger partial charge in [0.05, 0.1) is 5.75 Å². The Morgan fingerprint density at radius 2 is 2.00 bits per heavy atom. The number of ether oxygens (including phenoxy) is 1. The molecule has 8 heavy (non-hydrogen) atoms. The first-order valence-electron chi connectivity index (χ1n) is 1.71. The molecular formula is C3H4O3S2. The first kappa shape index (κ1) is 7.84. The van der Waals surface area contributed by atoms with Crippen LogP contribution in [-0.4, -0.2) is 17.0 Å². The largest absolute Gasteiger partial charge is 0.384 e. The molecule has 0 aromatic heterocycles. The molecule has 0 radical (unpaired) electrons. The van der Waals surface area contributed by atoms with E-state index in [2.05, 4.69) is 30.0 Å². The smallest absolute Gasteiger partial charge is 0.371 e. The van der Waals surface area contributed by atoms with Crippen molar-refractivity contribution in [1.82, 2.24) is 0 Å². The molecule has 0 fully saturated rings. The van der Waals surface area contributed by atoms with Crippen LogP contribution in [0.5, 0.6) is 0 Å². The normalized spacial score (nSPS) is 8.25. The van der Waals surface area contributed by atoms with Crippen LogP contribution in [0.3, 0.4) is 0 Å². The van der Waals surface area contributed by atoms with Gasteiger partial charge in [0.2, 0.25) is 0 Å². The molecule has 0 amide bonds. The van der Waals surface area contributed by atoms with Crippen molar-refractivity contribution in [2.45, 2.75) is 0 Å². The first-order chi connectivity index (χ1) is 3.66. The summed E-state index contributed by atoms with van der Waals surface area (Å²) < 4.78 is 3.91. The van der Waals surface area contributed by atoms with Crippen molar-refractivity contribution >= 4 is 36.5 Å². The Hall–Kier alpha value is -0.160. The Morgan fingerprint density at radius 1 is 1.50 bits per heavy atom. The lowest BCUT2D eigenvalue weighted by atomic mass is 10.8. The number of rotatable bonds is 1. The number of esters is 1. The van der Waals surface area contributed by atoms with Crippen LogP contribution in [0, 0.1) is 0 Å². The van der Waals surface area contributed by atoms with E-state index in [9.17, 15) is 9.59 Å². The van der Waals surface area contributed by atoms with Crippen LogP contribution in [-0.2, 0) is 9.53 Å². The summed E-state index contributed by atoms with van der Waals surface area (Å²) in [5.41, 5.74) is 0. The molecule has 0 atom stereocenters. The lowest BCUT2D eigenvalue weighted by Gasteiger charge is -1.90. The Labute approximate surface area is 57.2 Å². The minimum Gasteiger partial charge on any atom is -0.384 e. The zero-order chi connectivity index (χ0) is 6.57. The second kappa shape index (κ2) is 3.80. The molecule has 0 N–H and O–H groups in total. The fraction of sp³-hybridized carbons (Fsp3) is 0.333. The monoisotopic (exact) mass is 152 g/mol. The Morgan fingerprint density at radius 3 is 2.12 bits per heavy atom. The van der Waals surface area contributed by atoms with Gasteiger partial charge in [0, 0.05) is 0 Å². The van der Waals surface area contributed by atoms with Crippen LogP contribution in [0.15, 0.2) is 0 Å². The summed E-state index contributed by atoms with van der Waals surface area (Å²) in [6.45, 7) is 0. The standard InChI is InChI=1S/C3H4O3S2/c4-2(1-7)6-3(5)8/h7H,1H2,(H,5,8). The van der Waals surface area contributed by atoms with Gasteiger partial charge in [-0.1, -0.05) is 12.6 Å². The summed E-state index contributed by atoms with van der Waals surface area (Å²) in [5, 5.41) is -0.899. The van der Waals surface area contributed by atoms with Crippen molar-refractivity contribution in [2.75, 3.05) is 5.75 Å². The highest BCUT2D eigenvalue weighted by Gasteiger charge is 2.01. The van der Waals surface area contributed by atoms with Gasteiger partial charge in [0.15, 0.2) is 0 Å². The van der Waals surface area contributed by atoms with Gasteiger partial charge in [-0.15, -0.1) is 0 Å². The first-order valence-corrected chi connectivity index (χ1v) is 2.79. The van der Waals surface area contributed by atoms with E-state index in [1.165, 1.54) is 0 Å². The molecule has 0 aromatic rings. The summed E-state index contributed by atoms with van der Waals surface area (Å²) in [6.07, 6.45) is 0. The molecular weight excluding hydrogens is 148 g/mol. The third-order valence-corrected chi connectivity index (χ3v) is 0.680. The highest BCUT2D eigenvalue weighted by molar-refractivity contribution is 7.96. The number of hydrogen-bond acceptors (Lipinski definition) is 4. The number of thiol groups is 2. The molecule has 0 saturated heterocycles. The molecule has 0 bridgehead atoms. The van der Waals surface area contributed by atoms with E-state index in [1.54, 1.807) is 0 Å². The molecule has 3 nitrogen and oxygen atoms in total. The van der Waals surface area contributed by atoms with E-state index in [0.29, 0.717) is 0 Å². The molecule has 5 heteroatoms. The maximum absolute atomic E-state index is 10.1. The van der Waals surface area contributed by atoms with E-state index in [-0.39, 0.29) is 5.75 Å². The van der Waals surface area contributed by atoms with Gasteiger partial charge in [-0.3, -0.25) is 4.79 Å². The predicted molar refractivity (Wildman–Crippen MR) is 34.3 cm³/mol. The van der Waals surface area contributed by atoms with Crippen LogP contribution in [0.2, 0.25) is 0 Å². The zero-order valence-electron chi connectivity index (χ0n) is 3.83. The zero-order valence-corrected chi connectivity index (χ0v) is 5.62. The fourth-order valence-corrected chi connectivity index (χ4v) is 0.296. The summed E-state index contributed by atoms with van der Waals surface area (Å²) in [7, 11) is 0. The summed E-state index contributed by atoms with van der Waals surface area (Å²) in [5.74, 6) is -0.792. The van der Waals surface area contributed by atoms with Gasteiger partial charge in [0.1, 0.15) is 0 Å². The van der Waals surface area contributed by atoms with Gasteiger partial charge in [-0.05, 0) is 0 Å². The van der Waals surface area contributed by atoms with Crippen LogP contribution in [0.4, 0.5) is 4.79 Å². The van der Waals surface area contributed by atoms with E-state index in [1.807, 2.05) is 0 Å². The quantitative estimate of drug-likeness (QED) is 0.327. The summed E-state index contributed by atoms with van der Waals surface area (Å²) in [4.78, 5) is 19.9. The molecule has 0 aliphatic carbocycles. The molecule has 0 heterocycles. The highest BCUT2D eigenvalue weighted by atomic mass is 32.1. The van der Waals surface area contributed by atoms with Crippen LogP contribution in [0.1, 0.15) is 0 Å². The fourth-order valence-electron chi connectivity index (χ4n) is 0.130. The third kappa shape index (κ3) is 4.01. The minimum absolute atomic E-state index is 0.105. The van der Waals surface area contributed by atoms with Crippen molar-refractivity contribution in [3.8, 4) is 0 Å². The van der Waals surface area contributed by atoms with Gasteiger partial charge in [-0.25, -0.2) is 4.79 Å². The van der Waals surface area contributed by atoms with Crippen LogP contribution in [0.25, 0.3) is 0 Å². The highest BCUT2D eigenvalue weighted by Crippen LogP contribution is 1.87. The van der Waals surface area contributed by atoms with Gasteiger partial charge in [-0.2, -0.15) is 12.6 Å². The molecule has 0 aliphatic heterocycles. The second-order valence-electron chi connectivity index (χ2n) is 0.898. The molecule has 0 unspecified atom stereocenters. The van der Waals surface area contributed by atoms with Crippen molar-refractivity contribution in [2.24, 2.45) is 0 Å². The van der Waals surface area contributed by atoms with E-state index >= 15 is 0 Å². The topological polar surface area (TPSA) is 43.4 Å². The number of hydrogen-bond donors (Lipinski definition) is 2. The minimum atomic E-state index is -0.899. The average Bonchev–Trinajstić information content (AvgIpc) is 1.65. The Kier molecular flexibility index (Phi) is 3.72. The maximum Gasteiger partial charge on any atom is 0.371 e. The number of carbonyl (C=O) groups is 2. The summed E-state index contributed by atoms with van der Waals surface area (Å²) in [6, 6.07) is 0. The van der Waals surface area contributed by atoms with Gasteiger partial charge >= 0.3 is 11.3 Å². The maximum atomic E-state index is 10.1. The van der Waals surface area contributed by atoms with Gasteiger partial charge in [0.25, 0.3) is 0 Å². The Bertz CT molecular complexity index is 111. The SMILES string of the molecule is O=C(S)OC(=O)CS. The van der Waals surface area contributed by atoms with Gasteiger partial charge < -0.3 is 4.74 Å². The van der Waals surface area contributed by atoms with Crippen molar-refractivity contribution in [1.29, 1.82) is 0 Å². The molecule has 0 aromatic carbocycles. The van der Waals surface area contributed by atoms with Crippen LogP contribution >= 0.6 is 25.3 Å². The summed E-state index contributed by atoms with van der Waals surface area (Å²) >= 11 is 6.70. The molecule has 0 spiro atoms. The Balaban J connectivity index is 3.40. The molecule has 0 saturated carbocycles. The lowest BCUT2D eigenvalue weighted by molar-refractivity contribution is -0.133. The van der Waals surface area contributed by atoms with Crippen molar-refractivity contribution < 1.29 is 14.3 Å². The van der Waals surface area contributed by atoms with Crippen molar-refractivity contribution in [3.63, 3.8) is 0 Å². The van der Waals surface area contributed by atoms with E-state index < -0.39 is 11.3 Å². The molecule has 0 rings (SSSR count). The van der Waals surface area contributed by atoms with Crippen LogP contribution < -0.4 is 0 Å². The average molecular weight is 152 g/mol. The van der Waals surface area contributed by atoms with E-state index in [4.69, 9.17) is 0 Å². The molecule has 0 aliphatic rings. The number of carbonyl (C=O) groups excluding carboxylic acids is 2. The van der Waals surface area contributed by atoms with Crippen molar-refractivity contribution in [3.05, 3.63) is 0 Å². The molecule has 46 valence electrons. The predicted octanol–water partition coefficient (Wildman–Crippen LogP) is 0.509. The van der Waals surface area contributed by atoms with E-state index in [0.717, 1.165) is 0 Å². The second-order valence-corrected chi connectivity index (χ2v) is 1.58.